The molecule has 0 atom stereocenters. The van der Waals surface area contributed by atoms with E-state index in [0.29, 0.717) is 5.69 Å². The Balaban J connectivity index is 2.04. The standard InChI is InChI=1S/C12H8N2OS/c13-6-10-7-16-12(14-10)9-1-2-11-8(5-9)3-4-15-11/h1-2,5,7H,3-4H2. The topological polar surface area (TPSA) is 45.9 Å². The van der Waals surface area contributed by atoms with Gasteiger partial charge in [-0.15, -0.1) is 11.3 Å². The molecule has 0 fully saturated rings. The molecular formula is C12H8N2OS. The second-order valence-electron chi connectivity index (χ2n) is 3.57. The van der Waals surface area contributed by atoms with E-state index in [9.17, 15) is 0 Å². The Labute approximate surface area is 96.9 Å². The number of fused-ring (bicyclic) bond motifs is 1. The number of benzene rings is 1. The van der Waals surface area contributed by atoms with Gasteiger partial charge in [-0.2, -0.15) is 5.26 Å². The van der Waals surface area contributed by atoms with E-state index in [0.717, 1.165) is 29.3 Å². The van der Waals surface area contributed by atoms with Crippen LogP contribution >= 0.6 is 11.3 Å². The monoisotopic (exact) mass is 228 g/mol. The van der Waals surface area contributed by atoms with E-state index in [1.807, 2.05) is 18.2 Å². The molecule has 0 radical (unpaired) electrons. The summed E-state index contributed by atoms with van der Waals surface area (Å²) in [5, 5.41) is 11.4. The molecule has 78 valence electrons. The molecule has 0 saturated heterocycles. The van der Waals surface area contributed by atoms with Crippen molar-refractivity contribution in [2.45, 2.75) is 6.42 Å². The van der Waals surface area contributed by atoms with Gasteiger partial charge in [-0.1, -0.05) is 0 Å². The summed E-state index contributed by atoms with van der Waals surface area (Å²) in [4.78, 5) is 4.24. The van der Waals surface area contributed by atoms with E-state index < -0.39 is 0 Å². The van der Waals surface area contributed by atoms with Crippen molar-refractivity contribution >= 4 is 11.3 Å². The third kappa shape index (κ3) is 1.46. The number of nitriles is 1. The lowest BCUT2D eigenvalue weighted by Crippen LogP contribution is -1.85. The average molecular weight is 228 g/mol. The Morgan fingerprint density at radius 1 is 1.44 bits per heavy atom. The maximum atomic E-state index is 8.73. The van der Waals surface area contributed by atoms with Crippen LogP contribution in [0.5, 0.6) is 5.75 Å². The molecule has 3 rings (SSSR count). The summed E-state index contributed by atoms with van der Waals surface area (Å²) >= 11 is 1.50. The summed E-state index contributed by atoms with van der Waals surface area (Å²) in [5.41, 5.74) is 2.78. The maximum Gasteiger partial charge on any atom is 0.152 e. The first kappa shape index (κ1) is 9.37. The summed E-state index contributed by atoms with van der Waals surface area (Å²) in [6.45, 7) is 0.764. The van der Waals surface area contributed by atoms with Crippen LogP contribution in [-0.2, 0) is 6.42 Å². The molecule has 3 nitrogen and oxygen atoms in total. The molecule has 1 aliphatic rings. The molecule has 0 saturated carbocycles. The van der Waals surface area contributed by atoms with Gasteiger partial charge < -0.3 is 4.74 Å². The summed E-state index contributed by atoms with van der Waals surface area (Å²) in [5.74, 6) is 0.973. The molecule has 0 amide bonds. The minimum Gasteiger partial charge on any atom is -0.493 e. The molecule has 2 heterocycles. The second-order valence-corrected chi connectivity index (χ2v) is 4.43. The van der Waals surface area contributed by atoms with Crippen LogP contribution in [0.1, 0.15) is 11.3 Å². The lowest BCUT2D eigenvalue weighted by Gasteiger charge is -2.00. The van der Waals surface area contributed by atoms with Gasteiger partial charge in [-0.25, -0.2) is 4.98 Å². The smallest absolute Gasteiger partial charge is 0.152 e. The zero-order valence-electron chi connectivity index (χ0n) is 8.43. The van der Waals surface area contributed by atoms with Crippen molar-refractivity contribution in [3.05, 3.63) is 34.8 Å². The Kier molecular flexibility index (Phi) is 2.12. The first-order valence-electron chi connectivity index (χ1n) is 4.98. The van der Waals surface area contributed by atoms with Crippen molar-refractivity contribution < 1.29 is 4.74 Å². The molecule has 0 N–H and O–H groups in total. The first-order chi connectivity index (χ1) is 7.86. The highest BCUT2D eigenvalue weighted by Gasteiger charge is 2.13. The third-order valence-corrected chi connectivity index (χ3v) is 3.45. The summed E-state index contributed by atoms with van der Waals surface area (Å²) in [7, 11) is 0. The van der Waals surface area contributed by atoms with Crippen molar-refractivity contribution in [3.63, 3.8) is 0 Å². The van der Waals surface area contributed by atoms with Crippen molar-refractivity contribution in [1.82, 2.24) is 4.98 Å². The second kappa shape index (κ2) is 3.62. The molecular weight excluding hydrogens is 220 g/mol. The number of nitrogens with zero attached hydrogens (tertiary/aromatic N) is 2. The van der Waals surface area contributed by atoms with Gasteiger partial charge in [0.05, 0.1) is 6.61 Å². The summed E-state index contributed by atoms with van der Waals surface area (Å²) < 4.78 is 5.45. The zero-order chi connectivity index (χ0) is 11.0. The summed E-state index contributed by atoms with van der Waals surface area (Å²) in [6.07, 6.45) is 0.958. The van der Waals surface area contributed by atoms with E-state index >= 15 is 0 Å². The molecule has 1 aromatic heterocycles. The van der Waals surface area contributed by atoms with E-state index in [1.165, 1.54) is 16.9 Å². The van der Waals surface area contributed by atoms with E-state index in [1.54, 1.807) is 5.38 Å². The first-order valence-corrected chi connectivity index (χ1v) is 5.86. The van der Waals surface area contributed by atoms with Crippen LogP contribution in [0.2, 0.25) is 0 Å². The minimum absolute atomic E-state index is 0.483. The van der Waals surface area contributed by atoms with E-state index in [2.05, 4.69) is 11.1 Å². The van der Waals surface area contributed by atoms with Gasteiger partial charge in [0, 0.05) is 17.4 Å². The molecule has 16 heavy (non-hydrogen) atoms. The highest BCUT2D eigenvalue weighted by Crippen LogP contribution is 2.31. The maximum absolute atomic E-state index is 8.73. The fourth-order valence-corrected chi connectivity index (χ4v) is 2.52. The molecule has 1 aromatic carbocycles. The SMILES string of the molecule is N#Cc1csc(-c2ccc3c(c2)CCO3)n1. The molecule has 0 unspecified atom stereocenters. The highest BCUT2D eigenvalue weighted by molar-refractivity contribution is 7.13. The highest BCUT2D eigenvalue weighted by atomic mass is 32.1. The van der Waals surface area contributed by atoms with Gasteiger partial charge >= 0.3 is 0 Å². The number of hydrogen-bond acceptors (Lipinski definition) is 4. The Bertz CT molecular complexity index is 583. The Morgan fingerprint density at radius 2 is 2.38 bits per heavy atom. The van der Waals surface area contributed by atoms with Crippen molar-refractivity contribution in [2.75, 3.05) is 6.61 Å². The van der Waals surface area contributed by atoms with Gasteiger partial charge in [0.25, 0.3) is 0 Å². The average Bonchev–Trinajstić information content (AvgIpc) is 2.96. The van der Waals surface area contributed by atoms with Crippen molar-refractivity contribution in [1.29, 1.82) is 5.26 Å². The van der Waals surface area contributed by atoms with Crippen LogP contribution < -0.4 is 4.74 Å². The fourth-order valence-electron chi connectivity index (χ4n) is 1.78. The van der Waals surface area contributed by atoms with Gasteiger partial charge in [-0.05, 0) is 23.8 Å². The van der Waals surface area contributed by atoms with Crippen molar-refractivity contribution in [2.24, 2.45) is 0 Å². The third-order valence-electron chi connectivity index (χ3n) is 2.56. The largest absolute Gasteiger partial charge is 0.493 e. The lowest BCUT2D eigenvalue weighted by atomic mass is 10.1. The van der Waals surface area contributed by atoms with Crippen LogP contribution in [0.25, 0.3) is 10.6 Å². The Morgan fingerprint density at radius 3 is 3.19 bits per heavy atom. The van der Waals surface area contributed by atoms with Crippen LogP contribution in [0.15, 0.2) is 23.6 Å². The van der Waals surface area contributed by atoms with Crippen molar-refractivity contribution in [3.8, 4) is 22.4 Å². The predicted octanol–water partition coefficient (Wildman–Crippen LogP) is 2.62. The molecule has 1 aliphatic heterocycles. The number of rotatable bonds is 1. The molecule has 0 bridgehead atoms. The van der Waals surface area contributed by atoms with Crippen LogP contribution in [0.3, 0.4) is 0 Å². The van der Waals surface area contributed by atoms with Gasteiger partial charge in [0.15, 0.2) is 5.69 Å². The minimum atomic E-state index is 0.483. The molecule has 0 aliphatic carbocycles. The lowest BCUT2D eigenvalue weighted by molar-refractivity contribution is 0.357. The quantitative estimate of drug-likeness (QED) is 0.753. The number of aromatic nitrogens is 1. The van der Waals surface area contributed by atoms with Crippen LogP contribution in [-0.4, -0.2) is 11.6 Å². The van der Waals surface area contributed by atoms with E-state index in [4.69, 9.17) is 10.00 Å². The van der Waals surface area contributed by atoms with E-state index in [-0.39, 0.29) is 0 Å². The number of ether oxygens (including phenoxy) is 1. The number of hydrogen-bond donors (Lipinski definition) is 0. The summed E-state index contributed by atoms with van der Waals surface area (Å²) in [6, 6.07) is 8.11. The number of thiazole rings is 1. The zero-order valence-corrected chi connectivity index (χ0v) is 9.25. The fraction of sp³-hybridized carbons (Fsp3) is 0.167. The Hall–Kier alpha value is -1.86. The van der Waals surface area contributed by atoms with Gasteiger partial charge in [-0.3, -0.25) is 0 Å². The molecule has 4 heteroatoms. The van der Waals surface area contributed by atoms with Gasteiger partial charge in [0.1, 0.15) is 16.8 Å². The molecule has 0 spiro atoms. The normalized spacial score (nSPS) is 12.9. The van der Waals surface area contributed by atoms with Gasteiger partial charge in [0.2, 0.25) is 0 Å². The van der Waals surface area contributed by atoms with Crippen LogP contribution in [0.4, 0.5) is 0 Å². The molecule has 2 aromatic rings. The predicted molar refractivity (Wildman–Crippen MR) is 61.5 cm³/mol. The van der Waals surface area contributed by atoms with Crippen LogP contribution in [0, 0.1) is 11.3 Å².